The quantitative estimate of drug-likeness (QED) is 0.865. The Hall–Kier alpha value is -2.08. The van der Waals surface area contributed by atoms with Crippen LogP contribution in [-0.4, -0.2) is 31.1 Å². The minimum absolute atomic E-state index is 0.0700. The zero-order chi connectivity index (χ0) is 13.5. The van der Waals surface area contributed by atoms with Gasteiger partial charge < -0.3 is 10.3 Å². The lowest BCUT2D eigenvalue weighted by atomic mass is 10.1. The maximum Gasteiger partial charge on any atom is 0.253 e. The number of carbonyl (C=O) groups excluding carboxylic acids is 1. The Labute approximate surface area is 110 Å². The smallest absolute Gasteiger partial charge is 0.253 e. The van der Waals surface area contributed by atoms with Crippen LogP contribution in [0.15, 0.2) is 41.9 Å². The molecule has 1 aliphatic heterocycles. The Kier molecular flexibility index (Phi) is 2.67. The highest BCUT2D eigenvalue weighted by atomic mass is 32.2. The molecule has 0 aliphatic carbocycles. The second-order valence-electron chi connectivity index (χ2n) is 4.49. The minimum atomic E-state index is -3.16. The van der Waals surface area contributed by atoms with Gasteiger partial charge in [0, 0.05) is 17.0 Å². The topological polar surface area (TPSA) is 79.0 Å². The van der Waals surface area contributed by atoms with Gasteiger partial charge in [0.1, 0.15) is 0 Å². The van der Waals surface area contributed by atoms with E-state index in [2.05, 4.69) is 10.3 Å². The van der Waals surface area contributed by atoms with E-state index in [1.54, 1.807) is 18.3 Å². The van der Waals surface area contributed by atoms with Gasteiger partial charge in [0.25, 0.3) is 5.91 Å². The van der Waals surface area contributed by atoms with E-state index in [-0.39, 0.29) is 11.7 Å². The number of H-pyrrole nitrogens is 1. The molecule has 1 unspecified atom stereocenters. The van der Waals surface area contributed by atoms with Gasteiger partial charge in [-0.1, -0.05) is 12.1 Å². The number of hydrogen-bond acceptors (Lipinski definition) is 3. The van der Waals surface area contributed by atoms with Gasteiger partial charge in [-0.3, -0.25) is 4.79 Å². The Morgan fingerprint density at radius 2 is 2.16 bits per heavy atom. The minimum Gasteiger partial charge on any atom is -0.361 e. The highest BCUT2D eigenvalue weighted by Crippen LogP contribution is 2.17. The number of carbonyl (C=O) groups is 1. The molecule has 2 aromatic rings. The molecule has 1 atom stereocenters. The molecule has 19 heavy (non-hydrogen) atoms. The van der Waals surface area contributed by atoms with Crippen LogP contribution in [0.2, 0.25) is 0 Å². The predicted octanol–water partition coefficient (Wildman–Crippen LogP) is 1.21. The van der Waals surface area contributed by atoms with Gasteiger partial charge in [-0.25, -0.2) is 8.42 Å². The zero-order valence-electron chi connectivity index (χ0n) is 9.96. The van der Waals surface area contributed by atoms with Crippen molar-refractivity contribution >= 4 is 26.6 Å². The van der Waals surface area contributed by atoms with E-state index in [1.165, 1.54) is 6.08 Å². The van der Waals surface area contributed by atoms with E-state index in [4.69, 9.17) is 0 Å². The number of sulfone groups is 1. The summed E-state index contributed by atoms with van der Waals surface area (Å²) in [6, 6.07) is 6.84. The Morgan fingerprint density at radius 1 is 1.32 bits per heavy atom. The lowest BCUT2D eigenvalue weighted by Gasteiger charge is -2.10. The van der Waals surface area contributed by atoms with E-state index in [0.29, 0.717) is 5.56 Å². The molecule has 0 radical (unpaired) electrons. The predicted molar refractivity (Wildman–Crippen MR) is 72.5 cm³/mol. The molecule has 0 saturated heterocycles. The van der Waals surface area contributed by atoms with Crippen LogP contribution in [0.4, 0.5) is 0 Å². The standard InChI is InChI=1S/C13H12N2O3S/c16-13(15-10-5-7-19(17,18)8-10)11-3-1-2-9-4-6-14-12(9)11/h1-7,10,14H,8H2,(H,15,16). The first kappa shape index (κ1) is 12.0. The zero-order valence-corrected chi connectivity index (χ0v) is 10.8. The number of nitrogens with one attached hydrogen (secondary N) is 2. The highest BCUT2D eigenvalue weighted by Gasteiger charge is 2.24. The van der Waals surface area contributed by atoms with Crippen LogP contribution in [0.25, 0.3) is 10.9 Å². The third-order valence-electron chi connectivity index (χ3n) is 3.08. The molecule has 0 spiro atoms. The van der Waals surface area contributed by atoms with Crippen LogP contribution >= 0.6 is 0 Å². The van der Waals surface area contributed by atoms with Gasteiger partial charge in [-0.05, 0) is 18.2 Å². The van der Waals surface area contributed by atoms with Crippen LogP contribution < -0.4 is 5.32 Å². The number of aromatic amines is 1. The van der Waals surface area contributed by atoms with Crippen LogP contribution in [0.1, 0.15) is 10.4 Å². The molecule has 5 nitrogen and oxygen atoms in total. The van der Waals surface area contributed by atoms with Crippen LogP contribution in [0.3, 0.4) is 0 Å². The third kappa shape index (κ3) is 2.26. The fourth-order valence-electron chi connectivity index (χ4n) is 2.19. The molecule has 3 rings (SSSR count). The maximum absolute atomic E-state index is 12.2. The number of benzene rings is 1. The molecule has 0 bridgehead atoms. The first-order valence-corrected chi connectivity index (χ1v) is 7.55. The normalized spacial score (nSPS) is 20.7. The van der Waals surface area contributed by atoms with Gasteiger partial charge in [-0.2, -0.15) is 0 Å². The summed E-state index contributed by atoms with van der Waals surface area (Å²) in [7, 11) is -3.16. The molecule has 0 saturated carbocycles. The molecular weight excluding hydrogens is 264 g/mol. The molecular formula is C13H12N2O3S. The van der Waals surface area contributed by atoms with Crippen molar-refractivity contribution in [3.63, 3.8) is 0 Å². The van der Waals surface area contributed by atoms with E-state index < -0.39 is 15.9 Å². The molecule has 1 aromatic carbocycles. The summed E-state index contributed by atoms with van der Waals surface area (Å²) in [5.41, 5.74) is 1.27. The summed E-state index contributed by atoms with van der Waals surface area (Å²) >= 11 is 0. The number of hydrogen-bond donors (Lipinski definition) is 2. The van der Waals surface area contributed by atoms with E-state index in [0.717, 1.165) is 16.3 Å². The Bertz CT molecular complexity index is 774. The largest absolute Gasteiger partial charge is 0.361 e. The molecule has 0 fully saturated rings. The Balaban J connectivity index is 1.85. The monoisotopic (exact) mass is 276 g/mol. The van der Waals surface area contributed by atoms with Crippen molar-refractivity contribution in [2.45, 2.75) is 6.04 Å². The summed E-state index contributed by atoms with van der Waals surface area (Å²) in [5, 5.41) is 4.80. The lowest BCUT2D eigenvalue weighted by molar-refractivity contribution is 0.0949. The highest BCUT2D eigenvalue weighted by molar-refractivity contribution is 7.94. The fourth-order valence-corrected chi connectivity index (χ4v) is 3.42. The van der Waals surface area contributed by atoms with Crippen molar-refractivity contribution in [1.29, 1.82) is 0 Å². The van der Waals surface area contributed by atoms with Crippen molar-refractivity contribution < 1.29 is 13.2 Å². The number of para-hydroxylation sites is 1. The van der Waals surface area contributed by atoms with Gasteiger partial charge in [-0.15, -0.1) is 0 Å². The average molecular weight is 276 g/mol. The maximum atomic E-state index is 12.2. The summed E-state index contributed by atoms with van der Waals surface area (Å²) in [4.78, 5) is 15.2. The van der Waals surface area contributed by atoms with Crippen LogP contribution in [-0.2, 0) is 9.84 Å². The second kappa shape index (κ2) is 4.24. The molecule has 1 amide bonds. The van der Waals surface area contributed by atoms with E-state index in [1.807, 2.05) is 12.1 Å². The van der Waals surface area contributed by atoms with Crippen LogP contribution in [0.5, 0.6) is 0 Å². The van der Waals surface area contributed by atoms with Crippen molar-refractivity contribution in [3.8, 4) is 0 Å². The molecule has 1 aliphatic rings. The first-order chi connectivity index (χ1) is 9.05. The summed E-state index contributed by atoms with van der Waals surface area (Å²) < 4.78 is 22.6. The molecule has 6 heteroatoms. The fraction of sp³-hybridized carbons (Fsp3) is 0.154. The number of aromatic nitrogens is 1. The van der Waals surface area contributed by atoms with E-state index >= 15 is 0 Å². The van der Waals surface area contributed by atoms with Crippen molar-refractivity contribution in [3.05, 3.63) is 47.5 Å². The third-order valence-corrected chi connectivity index (χ3v) is 4.47. The van der Waals surface area contributed by atoms with E-state index in [9.17, 15) is 13.2 Å². The average Bonchev–Trinajstić information content (AvgIpc) is 2.94. The van der Waals surface area contributed by atoms with Gasteiger partial charge >= 0.3 is 0 Å². The number of amides is 1. The molecule has 2 N–H and O–H groups in total. The van der Waals surface area contributed by atoms with Crippen molar-refractivity contribution in [1.82, 2.24) is 10.3 Å². The Morgan fingerprint density at radius 3 is 2.89 bits per heavy atom. The first-order valence-electron chi connectivity index (χ1n) is 5.83. The number of rotatable bonds is 2. The summed E-state index contributed by atoms with van der Waals surface area (Å²) in [6.07, 6.45) is 3.27. The van der Waals surface area contributed by atoms with Crippen molar-refractivity contribution in [2.75, 3.05) is 5.75 Å². The number of fused-ring (bicyclic) bond motifs is 1. The van der Waals surface area contributed by atoms with Gasteiger partial charge in [0.15, 0.2) is 9.84 Å². The molecule has 2 heterocycles. The SMILES string of the molecule is O=C(NC1C=CS(=O)(=O)C1)c1cccc2cc[nH]c12. The lowest BCUT2D eigenvalue weighted by Crippen LogP contribution is -2.35. The van der Waals surface area contributed by atoms with Gasteiger partial charge in [0.2, 0.25) is 0 Å². The van der Waals surface area contributed by atoms with Crippen molar-refractivity contribution in [2.24, 2.45) is 0 Å². The van der Waals surface area contributed by atoms with Crippen LogP contribution in [0, 0.1) is 0 Å². The summed E-state index contributed by atoms with van der Waals surface area (Å²) in [6.45, 7) is 0. The van der Waals surface area contributed by atoms with Gasteiger partial charge in [0.05, 0.1) is 22.9 Å². The summed E-state index contributed by atoms with van der Waals surface area (Å²) in [5.74, 6) is -0.348. The second-order valence-corrected chi connectivity index (χ2v) is 6.42. The molecule has 98 valence electrons. The molecule has 1 aromatic heterocycles.